The van der Waals surface area contributed by atoms with Gasteiger partial charge in [-0.15, -0.1) is 0 Å². The molecular weight excluding hydrogens is 266 g/mol. The van der Waals surface area contributed by atoms with Gasteiger partial charge in [0.05, 0.1) is 6.61 Å². The normalized spacial score (nSPS) is 17.9. The van der Waals surface area contributed by atoms with Crippen molar-refractivity contribution in [2.45, 2.75) is 13.5 Å². The lowest BCUT2D eigenvalue weighted by Crippen LogP contribution is -2.42. The minimum absolute atomic E-state index is 0.662. The van der Waals surface area contributed by atoms with Gasteiger partial charge in [0.15, 0.2) is 0 Å². The number of thiol groups is 1. The van der Waals surface area contributed by atoms with E-state index in [2.05, 4.69) is 31.9 Å². The van der Waals surface area contributed by atoms with Crippen molar-refractivity contribution in [1.82, 2.24) is 14.2 Å². The molecule has 0 radical (unpaired) electrons. The Morgan fingerprint density at radius 1 is 1.33 bits per heavy atom. The van der Waals surface area contributed by atoms with Gasteiger partial charge in [-0.1, -0.05) is 17.7 Å². The molecule has 0 spiro atoms. The zero-order valence-corrected chi connectivity index (χ0v) is 12.3. The predicted octanol–water partition coefficient (Wildman–Crippen LogP) is 2.09. The van der Waals surface area contributed by atoms with Gasteiger partial charge >= 0.3 is 0 Å². The topological polar surface area (TPSA) is 28.6 Å². The second-order valence-corrected chi connectivity index (χ2v) is 5.39. The van der Waals surface area contributed by atoms with E-state index >= 15 is 0 Å². The highest BCUT2D eigenvalue weighted by Crippen LogP contribution is 2.17. The summed E-state index contributed by atoms with van der Waals surface area (Å²) in [6.07, 6.45) is 1.91. The van der Waals surface area contributed by atoms with Crippen LogP contribution in [-0.4, -0.2) is 47.0 Å². The molecule has 4 nitrogen and oxygen atoms in total. The van der Waals surface area contributed by atoms with Crippen LogP contribution in [0.1, 0.15) is 12.5 Å². The lowest BCUT2D eigenvalue weighted by Gasteiger charge is -2.32. The molecule has 1 aromatic heterocycles. The standard InChI is InChI=1S/C12H19N3OS2/c1-2-16-12-4-3-11(9-13-12)10-14-5-7-15(18-17)8-6-14/h3-4,9,17H,2,5-8,10H2,1H3. The van der Waals surface area contributed by atoms with Crippen LogP contribution in [0.15, 0.2) is 18.3 Å². The van der Waals surface area contributed by atoms with Crippen LogP contribution < -0.4 is 4.74 Å². The average Bonchev–Trinajstić information content (AvgIpc) is 2.42. The SMILES string of the molecule is CCOc1ccc(CN2CCN(SS)CC2)cn1. The second-order valence-electron chi connectivity index (χ2n) is 4.22. The van der Waals surface area contributed by atoms with Gasteiger partial charge < -0.3 is 4.74 Å². The van der Waals surface area contributed by atoms with E-state index in [1.165, 1.54) is 16.5 Å². The number of hydrogen-bond acceptors (Lipinski definition) is 6. The van der Waals surface area contributed by atoms with Gasteiger partial charge in [0.2, 0.25) is 5.88 Å². The second kappa shape index (κ2) is 7.23. The maximum absolute atomic E-state index is 5.34. The van der Waals surface area contributed by atoms with Crippen molar-refractivity contribution in [2.24, 2.45) is 0 Å². The van der Waals surface area contributed by atoms with Gasteiger partial charge in [-0.05, 0) is 23.5 Å². The molecule has 0 aliphatic carbocycles. The largest absolute Gasteiger partial charge is 0.478 e. The third-order valence-corrected chi connectivity index (χ3v) is 4.23. The number of aromatic nitrogens is 1. The predicted molar refractivity (Wildman–Crippen MR) is 78.8 cm³/mol. The molecule has 18 heavy (non-hydrogen) atoms. The van der Waals surface area contributed by atoms with Gasteiger partial charge in [0, 0.05) is 45.0 Å². The van der Waals surface area contributed by atoms with E-state index in [1.807, 2.05) is 19.2 Å². The fraction of sp³-hybridized carbons (Fsp3) is 0.583. The first-order valence-corrected chi connectivity index (χ1v) is 8.01. The highest BCUT2D eigenvalue weighted by molar-refractivity contribution is 8.67. The lowest BCUT2D eigenvalue weighted by molar-refractivity contribution is 0.190. The molecule has 0 atom stereocenters. The Bertz CT molecular complexity index is 353. The summed E-state index contributed by atoms with van der Waals surface area (Å²) in [6, 6.07) is 4.04. The van der Waals surface area contributed by atoms with Crippen molar-refractivity contribution in [3.63, 3.8) is 0 Å². The van der Waals surface area contributed by atoms with Crippen LogP contribution in [0.3, 0.4) is 0 Å². The number of rotatable bonds is 5. The third-order valence-electron chi connectivity index (χ3n) is 2.94. The molecule has 1 fully saturated rings. The van der Waals surface area contributed by atoms with Crippen molar-refractivity contribution < 1.29 is 4.74 Å². The van der Waals surface area contributed by atoms with Crippen molar-refractivity contribution in [2.75, 3.05) is 32.8 Å². The van der Waals surface area contributed by atoms with Gasteiger partial charge in [-0.3, -0.25) is 4.90 Å². The zero-order valence-electron chi connectivity index (χ0n) is 10.6. The average molecular weight is 285 g/mol. The van der Waals surface area contributed by atoms with Gasteiger partial charge in [0.25, 0.3) is 0 Å². The van der Waals surface area contributed by atoms with Crippen molar-refractivity contribution in [3.8, 4) is 5.88 Å². The first-order chi connectivity index (χ1) is 8.81. The fourth-order valence-electron chi connectivity index (χ4n) is 1.97. The molecule has 1 aromatic rings. The fourth-order valence-corrected chi connectivity index (χ4v) is 2.78. The summed E-state index contributed by atoms with van der Waals surface area (Å²) in [6.45, 7) is 7.90. The Labute approximate surface area is 118 Å². The minimum atomic E-state index is 0.662. The Morgan fingerprint density at radius 3 is 2.67 bits per heavy atom. The summed E-state index contributed by atoms with van der Waals surface area (Å²) in [5, 5.41) is 0. The molecule has 0 bridgehead atoms. The molecule has 100 valence electrons. The van der Waals surface area contributed by atoms with Gasteiger partial charge in [0.1, 0.15) is 0 Å². The molecule has 1 aliphatic rings. The summed E-state index contributed by atoms with van der Waals surface area (Å²) in [4.78, 5) is 6.73. The first-order valence-electron chi connectivity index (χ1n) is 6.18. The Morgan fingerprint density at radius 2 is 2.11 bits per heavy atom. The summed E-state index contributed by atoms with van der Waals surface area (Å²) < 4.78 is 7.61. The van der Waals surface area contributed by atoms with E-state index in [1.54, 1.807) is 0 Å². The Balaban J connectivity index is 1.82. The Hall–Kier alpha value is -0.430. The molecule has 1 aliphatic heterocycles. The number of ether oxygens (including phenoxy) is 1. The van der Waals surface area contributed by atoms with Crippen LogP contribution in [0.2, 0.25) is 0 Å². The monoisotopic (exact) mass is 285 g/mol. The minimum Gasteiger partial charge on any atom is -0.478 e. The summed E-state index contributed by atoms with van der Waals surface area (Å²) in [5.41, 5.74) is 1.24. The molecule has 2 rings (SSSR count). The van der Waals surface area contributed by atoms with E-state index in [9.17, 15) is 0 Å². The van der Waals surface area contributed by atoms with Crippen molar-refractivity contribution in [3.05, 3.63) is 23.9 Å². The molecular formula is C12H19N3OS2. The maximum Gasteiger partial charge on any atom is 0.213 e. The Kier molecular flexibility index (Phi) is 5.62. The van der Waals surface area contributed by atoms with E-state index in [0.29, 0.717) is 12.5 Å². The van der Waals surface area contributed by atoms with E-state index in [-0.39, 0.29) is 0 Å². The van der Waals surface area contributed by atoms with Crippen LogP contribution in [0.4, 0.5) is 0 Å². The molecule has 0 N–H and O–H groups in total. The summed E-state index contributed by atoms with van der Waals surface area (Å²) in [5.74, 6) is 0.706. The molecule has 0 aromatic carbocycles. The molecule has 0 unspecified atom stereocenters. The number of pyridine rings is 1. The van der Waals surface area contributed by atoms with Crippen molar-refractivity contribution >= 4 is 22.6 Å². The molecule has 2 heterocycles. The number of nitrogens with zero attached hydrogens (tertiary/aromatic N) is 3. The first kappa shape index (κ1) is 14.0. The molecule has 0 amide bonds. The third kappa shape index (κ3) is 4.05. The smallest absolute Gasteiger partial charge is 0.213 e. The summed E-state index contributed by atoms with van der Waals surface area (Å²) in [7, 11) is 1.53. The molecule has 1 saturated heterocycles. The van der Waals surface area contributed by atoms with Crippen LogP contribution in [0, 0.1) is 0 Å². The van der Waals surface area contributed by atoms with E-state index < -0.39 is 0 Å². The van der Waals surface area contributed by atoms with Crippen LogP contribution in [0.25, 0.3) is 0 Å². The van der Waals surface area contributed by atoms with Crippen LogP contribution in [0.5, 0.6) is 5.88 Å². The molecule has 0 saturated carbocycles. The quantitative estimate of drug-likeness (QED) is 0.508. The molecule has 6 heteroatoms. The van der Waals surface area contributed by atoms with E-state index in [4.69, 9.17) is 4.74 Å². The zero-order chi connectivity index (χ0) is 12.8. The van der Waals surface area contributed by atoms with Crippen LogP contribution >= 0.6 is 22.6 Å². The van der Waals surface area contributed by atoms with E-state index in [0.717, 1.165) is 32.7 Å². The van der Waals surface area contributed by atoms with Crippen LogP contribution in [-0.2, 0) is 6.54 Å². The van der Waals surface area contributed by atoms with Gasteiger partial charge in [-0.25, -0.2) is 9.29 Å². The number of hydrogen-bond donors (Lipinski definition) is 1. The van der Waals surface area contributed by atoms with Crippen molar-refractivity contribution in [1.29, 1.82) is 0 Å². The summed E-state index contributed by atoms with van der Waals surface area (Å²) >= 11 is 4.22. The highest BCUT2D eigenvalue weighted by atomic mass is 33.1. The lowest BCUT2D eigenvalue weighted by atomic mass is 10.2. The maximum atomic E-state index is 5.34. The van der Waals surface area contributed by atoms with Gasteiger partial charge in [-0.2, -0.15) is 0 Å². The number of piperazine rings is 1. The highest BCUT2D eigenvalue weighted by Gasteiger charge is 2.16.